The summed E-state index contributed by atoms with van der Waals surface area (Å²) in [7, 11) is -1.70. The van der Waals surface area contributed by atoms with Gasteiger partial charge in [-0.15, -0.1) is 0 Å². The number of hydrogen-bond donors (Lipinski definition) is 0. The molecule has 0 radical (unpaired) electrons. The van der Waals surface area contributed by atoms with Crippen LogP contribution in [0.4, 0.5) is 0 Å². The van der Waals surface area contributed by atoms with Crippen molar-refractivity contribution in [3.63, 3.8) is 0 Å². The quantitative estimate of drug-likeness (QED) is 0.384. The Balaban J connectivity index is -0.000000342. The van der Waals surface area contributed by atoms with E-state index in [1.807, 2.05) is 32.9 Å². The molecule has 0 aliphatic heterocycles. The van der Waals surface area contributed by atoms with Crippen LogP contribution < -0.4 is 0 Å². The Morgan fingerprint density at radius 3 is 1.78 bits per heavy atom. The fraction of sp³-hybridized carbons (Fsp3) is 0.500. The van der Waals surface area contributed by atoms with Gasteiger partial charge < -0.3 is 4.43 Å². The first-order valence-electron chi connectivity index (χ1n) is 7.88. The molecule has 1 rings (SSSR count). The van der Waals surface area contributed by atoms with E-state index in [4.69, 9.17) is 18.4 Å². The molecule has 0 spiro atoms. The van der Waals surface area contributed by atoms with Crippen molar-refractivity contribution >= 4 is 14.1 Å². The molecule has 0 aliphatic carbocycles. The standard InChI is InChI=1S/C17H28O2Si.3CO.Cr/c1-13-10-8-9-11-14(13)15(19-20(5,6)7)12-16(18)17(2,3)4;3*1-2;/h8-11,15H,12H2,1-7H3;;;;/t15-;;;;/m0..../s1. The Kier molecular flexibility index (Phi) is 21.0. The molecule has 5 nitrogen and oxygen atoms in total. The molecule has 27 heavy (non-hydrogen) atoms. The molecule has 0 fully saturated rings. The van der Waals surface area contributed by atoms with Crippen LogP contribution in [-0.2, 0) is 40.5 Å². The zero-order valence-electron chi connectivity index (χ0n) is 17.0. The molecule has 0 saturated carbocycles. The first kappa shape index (κ1) is 33.4. The minimum Gasteiger partial charge on any atom is 0 e. The molecule has 1 aromatic rings. The molecule has 0 amide bonds. The molecule has 0 N–H and O–H groups in total. The van der Waals surface area contributed by atoms with Crippen LogP contribution in [0, 0.1) is 32.3 Å². The number of aryl methyl sites for hydroxylation is 1. The van der Waals surface area contributed by atoms with E-state index in [-0.39, 0.29) is 34.7 Å². The predicted molar refractivity (Wildman–Crippen MR) is 99.2 cm³/mol. The summed E-state index contributed by atoms with van der Waals surface area (Å²) in [6.07, 6.45) is 0.341. The third-order valence-corrected chi connectivity index (χ3v) is 4.23. The third-order valence-electron chi connectivity index (χ3n) is 3.24. The van der Waals surface area contributed by atoms with Crippen LogP contribution >= 0.6 is 0 Å². The summed E-state index contributed by atoms with van der Waals surface area (Å²) in [5.74, 6) is 0.254. The van der Waals surface area contributed by atoms with Gasteiger partial charge >= 0.3 is 33.9 Å². The van der Waals surface area contributed by atoms with Gasteiger partial charge in [0.05, 0.1) is 6.10 Å². The molecule has 0 saturated heterocycles. The van der Waals surface area contributed by atoms with E-state index < -0.39 is 8.32 Å². The van der Waals surface area contributed by atoms with Gasteiger partial charge in [-0.3, -0.25) is 4.79 Å². The Labute approximate surface area is 175 Å². The van der Waals surface area contributed by atoms with Crippen molar-refractivity contribution in [2.45, 2.75) is 59.9 Å². The van der Waals surface area contributed by atoms with E-state index in [0.29, 0.717) is 6.42 Å². The summed E-state index contributed by atoms with van der Waals surface area (Å²) in [6.45, 7) is 28.0. The number of benzene rings is 1. The number of carbonyl (C=O) groups excluding carboxylic acids is 1. The van der Waals surface area contributed by atoms with Gasteiger partial charge in [-0.25, -0.2) is 0 Å². The SMILES string of the molecule is Cc1ccccc1[C@H](CC(=O)C(C)(C)C)O[Si](C)(C)C.[C-]#[O+].[C-]#[O+].[C-]#[O+].[Cr]. The minimum atomic E-state index is -1.70. The molecule has 1 atom stereocenters. The van der Waals surface area contributed by atoms with Gasteiger partial charge in [-0.2, -0.15) is 0 Å². The molecular formula is C20H28CrO5Si. The van der Waals surface area contributed by atoms with Crippen molar-refractivity contribution in [2.24, 2.45) is 5.41 Å². The fourth-order valence-corrected chi connectivity index (χ4v) is 3.13. The molecule has 0 aliphatic rings. The van der Waals surface area contributed by atoms with Crippen molar-refractivity contribution < 1.29 is 40.5 Å². The van der Waals surface area contributed by atoms with Crippen LogP contribution in [-0.4, -0.2) is 14.1 Å². The van der Waals surface area contributed by atoms with Crippen molar-refractivity contribution in [1.29, 1.82) is 0 Å². The zero-order valence-corrected chi connectivity index (χ0v) is 19.3. The third kappa shape index (κ3) is 15.6. The number of rotatable bonds is 5. The van der Waals surface area contributed by atoms with Crippen LogP contribution in [0.3, 0.4) is 0 Å². The van der Waals surface area contributed by atoms with Crippen LogP contribution in [0.2, 0.25) is 19.6 Å². The van der Waals surface area contributed by atoms with Crippen molar-refractivity contribution in [1.82, 2.24) is 0 Å². The molecule has 0 bridgehead atoms. The predicted octanol–water partition coefficient (Wildman–Crippen LogP) is 4.78. The van der Waals surface area contributed by atoms with E-state index in [9.17, 15) is 4.79 Å². The van der Waals surface area contributed by atoms with Crippen LogP contribution in [0.25, 0.3) is 0 Å². The fourth-order valence-electron chi connectivity index (χ4n) is 2.06. The molecule has 0 unspecified atom stereocenters. The van der Waals surface area contributed by atoms with Crippen LogP contribution in [0.5, 0.6) is 0 Å². The number of ketones is 1. The van der Waals surface area contributed by atoms with Crippen molar-refractivity contribution in [3.05, 3.63) is 55.3 Å². The Morgan fingerprint density at radius 2 is 1.44 bits per heavy atom. The Morgan fingerprint density at radius 1 is 1.04 bits per heavy atom. The number of Topliss-reactive ketones (excluding diaryl/α,β-unsaturated/α-hetero) is 1. The summed E-state index contributed by atoms with van der Waals surface area (Å²) in [5.41, 5.74) is 2.02. The summed E-state index contributed by atoms with van der Waals surface area (Å²) >= 11 is 0. The molecule has 7 heteroatoms. The van der Waals surface area contributed by atoms with Crippen LogP contribution in [0.15, 0.2) is 24.3 Å². The second-order valence-electron chi connectivity index (χ2n) is 7.45. The van der Waals surface area contributed by atoms with E-state index in [1.165, 1.54) is 5.56 Å². The summed E-state index contributed by atoms with van der Waals surface area (Å²) in [5, 5.41) is 0. The van der Waals surface area contributed by atoms with Gasteiger partial charge in [-0.1, -0.05) is 45.0 Å². The maximum atomic E-state index is 12.4. The molecule has 148 valence electrons. The van der Waals surface area contributed by atoms with Crippen molar-refractivity contribution in [3.8, 4) is 0 Å². The largest absolute Gasteiger partial charge is 0 e. The maximum absolute atomic E-state index is 12.4. The number of hydrogen-bond acceptors (Lipinski definition) is 2. The molecule has 1 aromatic carbocycles. The van der Waals surface area contributed by atoms with E-state index in [2.05, 4.69) is 58.6 Å². The average molecular weight is 429 g/mol. The van der Waals surface area contributed by atoms with Gasteiger partial charge in [0, 0.05) is 29.2 Å². The Hall–Kier alpha value is -1.18. The summed E-state index contributed by atoms with van der Waals surface area (Å²) in [6, 6.07) is 8.20. The zero-order chi connectivity index (χ0) is 21.6. The summed E-state index contributed by atoms with van der Waals surface area (Å²) < 4.78 is 28.8. The molecule has 0 heterocycles. The van der Waals surface area contributed by atoms with Gasteiger partial charge in [0.2, 0.25) is 0 Å². The van der Waals surface area contributed by atoms with E-state index >= 15 is 0 Å². The van der Waals surface area contributed by atoms with Gasteiger partial charge in [0.15, 0.2) is 8.32 Å². The molecule has 0 aromatic heterocycles. The Bertz CT molecular complexity index is 581. The topological polar surface area (TPSA) is 86.0 Å². The van der Waals surface area contributed by atoms with E-state index in [1.54, 1.807) is 0 Å². The average Bonchev–Trinajstić information content (AvgIpc) is 2.58. The second kappa shape index (κ2) is 17.0. The van der Waals surface area contributed by atoms with Crippen LogP contribution in [0.1, 0.15) is 44.4 Å². The second-order valence-corrected chi connectivity index (χ2v) is 11.9. The van der Waals surface area contributed by atoms with Gasteiger partial charge in [-0.05, 0) is 37.7 Å². The van der Waals surface area contributed by atoms with E-state index in [0.717, 1.165) is 5.56 Å². The van der Waals surface area contributed by atoms with Gasteiger partial charge in [0.25, 0.3) is 0 Å². The summed E-state index contributed by atoms with van der Waals surface area (Å²) in [4.78, 5) is 12.4. The monoisotopic (exact) mass is 428 g/mol. The maximum Gasteiger partial charge on any atom is 0 e. The smallest absolute Gasteiger partial charge is 0 e. The van der Waals surface area contributed by atoms with Crippen molar-refractivity contribution in [2.75, 3.05) is 0 Å². The minimum absolute atomic E-state index is 0. The number of carbonyl (C=O) groups is 1. The first-order valence-corrected chi connectivity index (χ1v) is 11.3. The normalized spacial score (nSPS) is 10.7. The van der Waals surface area contributed by atoms with Gasteiger partial charge in [0.1, 0.15) is 5.78 Å². The molecular weight excluding hydrogens is 400 g/mol. The first-order chi connectivity index (χ1) is 12.0.